The highest BCUT2D eigenvalue weighted by Gasteiger charge is 2.52. The maximum absolute atomic E-state index is 12.9. The minimum atomic E-state index is -1.38. The van der Waals surface area contributed by atoms with Crippen LogP contribution in [0.25, 0.3) is 0 Å². The summed E-state index contributed by atoms with van der Waals surface area (Å²) in [5, 5.41) is 14.8. The summed E-state index contributed by atoms with van der Waals surface area (Å²) in [7, 11) is 0. The molecule has 22 heavy (non-hydrogen) atoms. The van der Waals surface area contributed by atoms with Gasteiger partial charge in [0.15, 0.2) is 5.54 Å². The van der Waals surface area contributed by atoms with Gasteiger partial charge in [-0.25, -0.2) is 14.2 Å². The first-order valence-electron chi connectivity index (χ1n) is 6.45. The summed E-state index contributed by atoms with van der Waals surface area (Å²) in [5.74, 6) is -0.446. The number of piperazine rings is 1. The smallest absolute Gasteiger partial charge is 0.408 e. The Morgan fingerprint density at radius 1 is 1.50 bits per heavy atom. The fraction of sp³-hybridized carbons (Fsp3) is 0.364. The van der Waals surface area contributed by atoms with Crippen molar-refractivity contribution in [3.63, 3.8) is 0 Å². The molecule has 0 aliphatic carbocycles. The first-order valence-corrected chi connectivity index (χ1v) is 8.10. The Hall–Kier alpha value is -1.98. The zero-order chi connectivity index (χ0) is 15.6. The summed E-state index contributed by atoms with van der Waals surface area (Å²) in [6, 6.07) is 0. The van der Waals surface area contributed by atoms with Crippen LogP contribution in [-0.2, 0) is 10.3 Å². The number of nitrogens with one attached hydrogen (secondary N) is 3. The third-order valence-electron chi connectivity index (χ3n) is 3.39. The van der Waals surface area contributed by atoms with Gasteiger partial charge in [0, 0.05) is 37.4 Å². The van der Waals surface area contributed by atoms with E-state index in [4.69, 9.17) is 0 Å². The molecule has 1 unspecified atom stereocenters. The van der Waals surface area contributed by atoms with Crippen LogP contribution < -0.4 is 15.5 Å². The lowest BCUT2D eigenvalue weighted by atomic mass is 9.94. The quantitative estimate of drug-likeness (QED) is 0.564. The van der Waals surface area contributed by atoms with Crippen LogP contribution in [0.2, 0.25) is 0 Å². The Labute approximate surface area is 134 Å². The number of rotatable bonds is 3. The number of amides is 2. The predicted octanol–water partition coefficient (Wildman–Crippen LogP) is -0.108. The van der Waals surface area contributed by atoms with E-state index in [9.17, 15) is 14.7 Å². The van der Waals surface area contributed by atoms with Gasteiger partial charge >= 0.3 is 6.09 Å². The fourth-order valence-corrected chi connectivity index (χ4v) is 3.72. The second kappa shape index (κ2) is 6.02. The molecule has 118 valence electrons. The molecule has 3 rings (SSSR count). The van der Waals surface area contributed by atoms with Crippen LogP contribution in [0, 0.1) is 0 Å². The number of carbonyl (C=O) groups is 2. The highest BCUT2D eigenvalue weighted by Crippen LogP contribution is 2.32. The molecule has 1 fully saturated rings. The lowest BCUT2D eigenvalue weighted by molar-refractivity contribution is -0.136. The Kier molecular flexibility index (Phi) is 4.09. The number of carboxylic acid groups (broad SMARTS) is 1. The Bertz CT molecular complexity index is 595. The predicted molar refractivity (Wildman–Crippen MR) is 81.2 cm³/mol. The van der Waals surface area contributed by atoms with Crippen molar-refractivity contribution in [3.05, 3.63) is 29.0 Å². The van der Waals surface area contributed by atoms with Crippen molar-refractivity contribution in [2.24, 2.45) is 0 Å². The maximum Gasteiger partial charge on any atom is 0.408 e. The van der Waals surface area contributed by atoms with Crippen molar-refractivity contribution in [3.8, 4) is 0 Å². The molecule has 0 bridgehead atoms. The third kappa shape index (κ3) is 2.46. The first-order chi connectivity index (χ1) is 10.6. The van der Waals surface area contributed by atoms with Gasteiger partial charge in [-0.3, -0.25) is 15.1 Å². The molecule has 2 aliphatic heterocycles. The van der Waals surface area contributed by atoms with Crippen LogP contribution in [0.4, 0.5) is 4.79 Å². The maximum atomic E-state index is 12.9. The fourth-order valence-electron chi connectivity index (χ4n) is 2.39. The summed E-state index contributed by atoms with van der Waals surface area (Å²) < 4.78 is 4.33. The molecule has 3 heterocycles. The minimum Gasteiger partial charge on any atom is -0.465 e. The summed E-state index contributed by atoms with van der Waals surface area (Å²) in [4.78, 5) is 29.9. The molecule has 9 nitrogen and oxygen atoms in total. The number of carbonyl (C=O) groups excluding carboxylic acids is 1. The van der Waals surface area contributed by atoms with E-state index in [1.807, 2.05) is 0 Å². The highest BCUT2D eigenvalue weighted by atomic mass is 32.2. The number of hydrogen-bond donors (Lipinski definition) is 4. The molecule has 1 saturated heterocycles. The molecule has 11 heteroatoms. The van der Waals surface area contributed by atoms with E-state index in [0.29, 0.717) is 11.6 Å². The van der Waals surface area contributed by atoms with Gasteiger partial charge in [0.05, 0.1) is 18.3 Å². The normalized spacial score (nSPS) is 24.2. The lowest BCUT2D eigenvalue weighted by Crippen LogP contribution is -2.67. The highest BCUT2D eigenvalue weighted by molar-refractivity contribution is 7.95. The average Bonchev–Trinajstić information content (AvgIpc) is 3.20. The second-order valence-electron chi connectivity index (χ2n) is 4.60. The van der Waals surface area contributed by atoms with Crippen molar-refractivity contribution in [2.45, 2.75) is 5.54 Å². The van der Waals surface area contributed by atoms with Gasteiger partial charge in [-0.2, -0.15) is 0 Å². The summed E-state index contributed by atoms with van der Waals surface area (Å²) in [6.45, 7) is 0.879. The minimum absolute atomic E-state index is 0.175. The van der Waals surface area contributed by atoms with Gasteiger partial charge in [-0.1, -0.05) is 0 Å². The van der Waals surface area contributed by atoms with Crippen LogP contribution in [0.3, 0.4) is 0 Å². The zero-order valence-corrected chi connectivity index (χ0v) is 13.0. The van der Waals surface area contributed by atoms with Crippen LogP contribution in [0.1, 0.15) is 5.01 Å². The molecule has 2 aliphatic rings. The lowest BCUT2D eigenvalue weighted by Gasteiger charge is -2.43. The molecule has 1 aromatic rings. The van der Waals surface area contributed by atoms with Gasteiger partial charge in [0.2, 0.25) is 0 Å². The van der Waals surface area contributed by atoms with Crippen molar-refractivity contribution >= 4 is 35.5 Å². The number of thiazole rings is 1. The topological polar surface area (TPSA) is 110 Å². The summed E-state index contributed by atoms with van der Waals surface area (Å²) in [6.07, 6.45) is 3.72. The molecule has 2 amide bonds. The molecular weight excluding hydrogens is 328 g/mol. The van der Waals surface area contributed by atoms with E-state index < -0.39 is 17.5 Å². The number of aromatic nitrogens is 1. The van der Waals surface area contributed by atoms with Gasteiger partial charge in [0.25, 0.3) is 5.91 Å². The Morgan fingerprint density at radius 3 is 3.00 bits per heavy atom. The summed E-state index contributed by atoms with van der Waals surface area (Å²) >= 11 is 2.44. The molecule has 0 radical (unpaired) electrons. The van der Waals surface area contributed by atoms with Crippen molar-refractivity contribution in [1.29, 1.82) is 0 Å². The molecular formula is C11H14N6O3S2. The zero-order valence-electron chi connectivity index (χ0n) is 11.4. The molecule has 0 spiro atoms. The Balaban J connectivity index is 1.96. The standard InChI is InChI=1S/C11H14N6O3S2/c18-8(15-17-5-2-14-22-17)11(9-13-3-6-21-9)7-12-1-4-16(11)10(19)20/h2-3,5-6,12,14H,1,4,7H2,(H,15,18)(H,19,20). The van der Waals surface area contributed by atoms with Crippen molar-refractivity contribution in [2.75, 3.05) is 19.6 Å². The van der Waals surface area contributed by atoms with E-state index in [-0.39, 0.29) is 13.1 Å². The SMILES string of the molecule is O=C(O)N1CCNCC1(C(=O)NN1C=CNS1)c1nccs1. The number of hydrogen-bond acceptors (Lipinski definition) is 8. The van der Waals surface area contributed by atoms with E-state index in [1.165, 1.54) is 27.9 Å². The average molecular weight is 342 g/mol. The molecule has 1 aromatic heterocycles. The second-order valence-corrected chi connectivity index (χ2v) is 6.31. The van der Waals surface area contributed by atoms with E-state index in [0.717, 1.165) is 4.90 Å². The van der Waals surface area contributed by atoms with Crippen LogP contribution >= 0.6 is 23.5 Å². The van der Waals surface area contributed by atoms with E-state index >= 15 is 0 Å². The number of hydrazine groups is 1. The number of nitrogens with zero attached hydrogens (tertiary/aromatic N) is 3. The van der Waals surface area contributed by atoms with E-state index in [2.05, 4.69) is 20.4 Å². The van der Waals surface area contributed by atoms with Gasteiger partial charge in [-0.15, -0.1) is 11.3 Å². The van der Waals surface area contributed by atoms with Gasteiger partial charge in [0.1, 0.15) is 5.01 Å². The van der Waals surface area contributed by atoms with Crippen molar-refractivity contribution in [1.82, 2.24) is 29.8 Å². The van der Waals surface area contributed by atoms with Crippen LogP contribution in [0.5, 0.6) is 0 Å². The third-order valence-corrected chi connectivity index (χ3v) is 4.96. The molecule has 0 aromatic carbocycles. The van der Waals surface area contributed by atoms with Crippen molar-refractivity contribution < 1.29 is 14.7 Å². The molecule has 1 atom stereocenters. The molecule has 4 N–H and O–H groups in total. The monoisotopic (exact) mass is 342 g/mol. The van der Waals surface area contributed by atoms with Gasteiger partial charge < -0.3 is 15.1 Å². The largest absolute Gasteiger partial charge is 0.465 e. The van der Waals surface area contributed by atoms with Crippen LogP contribution in [0.15, 0.2) is 24.0 Å². The van der Waals surface area contributed by atoms with E-state index in [1.54, 1.807) is 24.0 Å². The first kappa shape index (κ1) is 14.9. The summed E-state index contributed by atoms with van der Waals surface area (Å²) in [5.41, 5.74) is 1.31. The molecule has 0 saturated carbocycles. The Morgan fingerprint density at radius 2 is 2.36 bits per heavy atom. The van der Waals surface area contributed by atoms with Crippen LogP contribution in [-0.4, -0.2) is 51.0 Å². The van der Waals surface area contributed by atoms with Gasteiger partial charge in [-0.05, 0) is 0 Å².